The summed E-state index contributed by atoms with van der Waals surface area (Å²) in [5, 5.41) is -0.394. The van der Waals surface area contributed by atoms with Crippen LogP contribution in [0.1, 0.15) is 19.8 Å². The first-order valence-electron chi connectivity index (χ1n) is 5.07. The molecule has 0 aromatic carbocycles. The lowest BCUT2D eigenvalue weighted by molar-refractivity contribution is -0.132. The fourth-order valence-corrected chi connectivity index (χ4v) is 1.95. The minimum atomic E-state index is -0.394. The van der Waals surface area contributed by atoms with Crippen molar-refractivity contribution in [3.8, 4) is 0 Å². The number of piperidine rings is 1. The number of nitrogens with zero attached hydrogens (tertiary/aromatic N) is 1. The Morgan fingerprint density at radius 2 is 2.14 bits per heavy atom. The normalized spacial score (nSPS) is 20.9. The molecule has 82 valence electrons. The SMILES string of the molecule is COCC1CCN(C(=O)[C@H](C)Cl)CC1. The van der Waals surface area contributed by atoms with Crippen molar-refractivity contribution < 1.29 is 9.53 Å². The summed E-state index contributed by atoms with van der Waals surface area (Å²) >= 11 is 5.74. The third-order valence-electron chi connectivity index (χ3n) is 2.67. The van der Waals surface area contributed by atoms with Crippen LogP contribution in [-0.4, -0.2) is 43.0 Å². The number of rotatable bonds is 3. The van der Waals surface area contributed by atoms with Gasteiger partial charge in [-0.15, -0.1) is 11.6 Å². The molecule has 1 atom stereocenters. The van der Waals surface area contributed by atoms with E-state index in [0.29, 0.717) is 5.92 Å². The molecular formula is C10H18ClNO2. The van der Waals surface area contributed by atoms with Gasteiger partial charge in [0.2, 0.25) is 5.91 Å². The van der Waals surface area contributed by atoms with Crippen LogP contribution in [0.5, 0.6) is 0 Å². The molecule has 1 fully saturated rings. The van der Waals surface area contributed by atoms with Gasteiger partial charge in [0.05, 0.1) is 0 Å². The number of hydrogen-bond donors (Lipinski definition) is 0. The van der Waals surface area contributed by atoms with Crippen LogP contribution in [0.25, 0.3) is 0 Å². The maximum Gasteiger partial charge on any atom is 0.240 e. The number of amides is 1. The third-order valence-corrected chi connectivity index (χ3v) is 2.86. The Morgan fingerprint density at radius 3 is 2.57 bits per heavy atom. The van der Waals surface area contributed by atoms with E-state index in [0.717, 1.165) is 32.5 Å². The van der Waals surface area contributed by atoms with Gasteiger partial charge in [-0.25, -0.2) is 0 Å². The van der Waals surface area contributed by atoms with E-state index in [1.54, 1.807) is 14.0 Å². The first-order chi connectivity index (χ1) is 6.65. The highest BCUT2D eigenvalue weighted by atomic mass is 35.5. The topological polar surface area (TPSA) is 29.5 Å². The third kappa shape index (κ3) is 3.14. The predicted molar refractivity (Wildman–Crippen MR) is 56.5 cm³/mol. The summed E-state index contributed by atoms with van der Waals surface area (Å²) < 4.78 is 5.09. The second kappa shape index (κ2) is 5.56. The molecule has 0 aromatic rings. The number of halogens is 1. The van der Waals surface area contributed by atoms with E-state index >= 15 is 0 Å². The van der Waals surface area contributed by atoms with Gasteiger partial charge in [0, 0.05) is 26.8 Å². The zero-order chi connectivity index (χ0) is 10.6. The maximum absolute atomic E-state index is 11.5. The summed E-state index contributed by atoms with van der Waals surface area (Å²) in [6, 6.07) is 0. The summed E-state index contributed by atoms with van der Waals surface area (Å²) in [5.41, 5.74) is 0. The minimum absolute atomic E-state index is 0.0579. The second-order valence-corrected chi connectivity index (χ2v) is 4.49. The smallest absolute Gasteiger partial charge is 0.240 e. The molecule has 1 saturated heterocycles. The molecule has 0 bridgehead atoms. The molecule has 0 radical (unpaired) electrons. The quantitative estimate of drug-likeness (QED) is 0.674. The predicted octanol–water partition coefficient (Wildman–Crippen LogP) is 1.50. The Kier molecular flexibility index (Phi) is 4.69. The highest BCUT2D eigenvalue weighted by Crippen LogP contribution is 2.18. The molecule has 4 heteroatoms. The number of alkyl halides is 1. The van der Waals surface area contributed by atoms with Crippen molar-refractivity contribution >= 4 is 17.5 Å². The van der Waals surface area contributed by atoms with Crippen LogP contribution in [0.3, 0.4) is 0 Å². The Labute approximate surface area is 90.4 Å². The zero-order valence-corrected chi connectivity index (χ0v) is 9.59. The molecular weight excluding hydrogens is 202 g/mol. The van der Waals surface area contributed by atoms with Crippen LogP contribution in [0, 0.1) is 5.92 Å². The standard InChI is InChI=1S/C10H18ClNO2/c1-8(11)10(13)12-5-3-9(4-6-12)7-14-2/h8-9H,3-7H2,1-2H3/t8-/m0/s1. The summed E-state index contributed by atoms with van der Waals surface area (Å²) in [4.78, 5) is 13.4. The minimum Gasteiger partial charge on any atom is -0.384 e. The zero-order valence-electron chi connectivity index (χ0n) is 8.83. The van der Waals surface area contributed by atoms with E-state index in [4.69, 9.17) is 16.3 Å². The molecule has 1 aliphatic rings. The lowest BCUT2D eigenvalue weighted by Gasteiger charge is -2.32. The largest absolute Gasteiger partial charge is 0.384 e. The number of ether oxygens (including phenoxy) is 1. The van der Waals surface area contributed by atoms with Gasteiger partial charge in [-0.05, 0) is 25.7 Å². The number of carbonyl (C=O) groups is 1. The van der Waals surface area contributed by atoms with E-state index in [2.05, 4.69) is 0 Å². The number of carbonyl (C=O) groups excluding carboxylic acids is 1. The van der Waals surface area contributed by atoms with E-state index in [1.807, 2.05) is 4.90 Å². The van der Waals surface area contributed by atoms with Gasteiger partial charge in [-0.2, -0.15) is 0 Å². The molecule has 0 N–H and O–H groups in total. The first kappa shape index (κ1) is 11.8. The summed E-state index contributed by atoms with van der Waals surface area (Å²) in [5.74, 6) is 0.664. The van der Waals surface area contributed by atoms with Gasteiger partial charge in [0.25, 0.3) is 0 Å². The van der Waals surface area contributed by atoms with Crippen molar-refractivity contribution in [2.75, 3.05) is 26.8 Å². The van der Waals surface area contributed by atoms with Crippen molar-refractivity contribution in [1.82, 2.24) is 4.90 Å². The number of methoxy groups -OCH3 is 1. The van der Waals surface area contributed by atoms with Crippen LogP contribution in [-0.2, 0) is 9.53 Å². The Hall–Kier alpha value is -0.280. The fourth-order valence-electron chi connectivity index (χ4n) is 1.81. The molecule has 1 aliphatic heterocycles. The molecule has 0 spiro atoms. The van der Waals surface area contributed by atoms with Crippen LogP contribution in [0.15, 0.2) is 0 Å². The Bertz CT molecular complexity index is 189. The maximum atomic E-state index is 11.5. The van der Waals surface area contributed by atoms with Crippen LogP contribution in [0.2, 0.25) is 0 Å². The summed E-state index contributed by atoms with van der Waals surface area (Å²) in [6.45, 7) is 4.18. The van der Waals surface area contributed by atoms with Gasteiger partial charge < -0.3 is 9.64 Å². The summed E-state index contributed by atoms with van der Waals surface area (Å²) in [7, 11) is 1.72. The molecule has 1 heterocycles. The van der Waals surface area contributed by atoms with Gasteiger partial charge in [-0.3, -0.25) is 4.79 Å². The highest BCUT2D eigenvalue weighted by molar-refractivity contribution is 6.30. The van der Waals surface area contributed by atoms with Crippen molar-refractivity contribution in [1.29, 1.82) is 0 Å². The Morgan fingerprint density at radius 1 is 1.57 bits per heavy atom. The van der Waals surface area contributed by atoms with Gasteiger partial charge >= 0.3 is 0 Å². The van der Waals surface area contributed by atoms with Crippen molar-refractivity contribution in [3.63, 3.8) is 0 Å². The summed E-state index contributed by atoms with van der Waals surface area (Å²) in [6.07, 6.45) is 2.06. The molecule has 0 aliphatic carbocycles. The van der Waals surface area contributed by atoms with Gasteiger partial charge in [-0.1, -0.05) is 0 Å². The van der Waals surface area contributed by atoms with E-state index in [9.17, 15) is 4.79 Å². The first-order valence-corrected chi connectivity index (χ1v) is 5.50. The lowest BCUT2D eigenvalue weighted by Crippen LogP contribution is -2.42. The van der Waals surface area contributed by atoms with Gasteiger partial charge in [0.15, 0.2) is 0 Å². The molecule has 14 heavy (non-hydrogen) atoms. The van der Waals surface area contributed by atoms with Crippen LogP contribution >= 0.6 is 11.6 Å². The number of likely N-dealkylation sites (tertiary alicyclic amines) is 1. The average molecular weight is 220 g/mol. The Balaban J connectivity index is 2.32. The molecule has 1 rings (SSSR count). The fraction of sp³-hybridized carbons (Fsp3) is 0.900. The molecule has 0 saturated carbocycles. The molecule has 3 nitrogen and oxygen atoms in total. The van der Waals surface area contributed by atoms with Crippen molar-refractivity contribution in [2.45, 2.75) is 25.1 Å². The highest BCUT2D eigenvalue weighted by Gasteiger charge is 2.24. The van der Waals surface area contributed by atoms with E-state index in [-0.39, 0.29) is 5.91 Å². The molecule has 1 amide bonds. The van der Waals surface area contributed by atoms with Crippen molar-refractivity contribution in [3.05, 3.63) is 0 Å². The molecule has 0 aromatic heterocycles. The monoisotopic (exact) mass is 219 g/mol. The lowest BCUT2D eigenvalue weighted by atomic mass is 9.97. The average Bonchev–Trinajstić information content (AvgIpc) is 2.18. The van der Waals surface area contributed by atoms with Crippen LogP contribution in [0.4, 0.5) is 0 Å². The van der Waals surface area contributed by atoms with Crippen molar-refractivity contribution in [2.24, 2.45) is 5.92 Å². The number of hydrogen-bond acceptors (Lipinski definition) is 2. The molecule has 0 unspecified atom stereocenters. The van der Waals surface area contributed by atoms with E-state index < -0.39 is 5.38 Å². The second-order valence-electron chi connectivity index (χ2n) is 3.84. The van der Waals surface area contributed by atoms with Gasteiger partial charge in [0.1, 0.15) is 5.38 Å². The van der Waals surface area contributed by atoms with E-state index in [1.165, 1.54) is 0 Å². The van der Waals surface area contributed by atoms with Crippen LogP contribution < -0.4 is 0 Å².